The summed E-state index contributed by atoms with van der Waals surface area (Å²) < 4.78 is 0. The largest absolute Gasteiger partial charge is 0.374 e. The fourth-order valence-corrected chi connectivity index (χ4v) is 4.17. The van der Waals surface area contributed by atoms with E-state index in [0.717, 1.165) is 45.4 Å². The van der Waals surface area contributed by atoms with Crippen molar-refractivity contribution >= 4 is 11.6 Å². The van der Waals surface area contributed by atoms with Crippen molar-refractivity contribution in [2.45, 2.75) is 44.6 Å². The smallest absolute Gasteiger partial charge is 0.223 e. The number of rotatable bonds is 5. The summed E-state index contributed by atoms with van der Waals surface area (Å²) in [5.74, 6) is 0.554. The number of likely N-dealkylation sites (N-methyl/N-ethyl adjacent to an activating group) is 1. The van der Waals surface area contributed by atoms with Crippen LogP contribution in [0.4, 0.5) is 5.69 Å². The molecule has 1 aromatic rings. The average Bonchev–Trinajstić information content (AvgIpc) is 3.40. The SMILES string of the molecule is CN1CCc2cc(C(CNC(=O)C3CC3)N3CCCCC3)ccc21. The van der Waals surface area contributed by atoms with E-state index in [9.17, 15) is 4.79 Å². The third-order valence-electron chi connectivity index (χ3n) is 5.87. The van der Waals surface area contributed by atoms with Gasteiger partial charge in [-0.15, -0.1) is 0 Å². The minimum Gasteiger partial charge on any atom is -0.374 e. The Morgan fingerprint density at radius 1 is 1.21 bits per heavy atom. The van der Waals surface area contributed by atoms with Crippen LogP contribution >= 0.6 is 0 Å². The predicted octanol–water partition coefficient (Wildman–Crippen LogP) is 2.73. The van der Waals surface area contributed by atoms with Gasteiger partial charge in [-0.25, -0.2) is 0 Å². The third kappa shape index (κ3) is 3.30. The minimum atomic E-state index is 0.262. The van der Waals surface area contributed by atoms with E-state index < -0.39 is 0 Å². The van der Waals surface area contributed by atoms with Crippen molar-refractivity contribution in [2.75, 3.05) is 38.1 Å². The Morgan fingerprint density at radius 3 is 2.75 bits per heavy atom. The first-order valence-electron chi connectivity index (χ1n) is 9.58. The second-order valence-corrected chi connectivity index (χ2v) is 7.69. The normalized spacial score (nSPS) is 22.3. The molecule has 2 fully saturated rings. The number of nitrogens with zero attached hydrogens (tertiary/aromatic N) is 2. The van der Waals surface area contributed by atoms with Gasteiger partial charge in [0.05, 0.1) is 6.04 Å². The Balaban J connectivity index is 1.53. The van der Waals surface area contributed by atoms with Crippen molar-refractivity contribution in [3.63, 3.8) is 0 Å². The number of amides is 1. The lowest BCUT2D eigenvalue weighted by Gasteiger charge is -2.35. The highest BCUT2D eigenvalue weighted by molar-refractivity contribution is 5.80. The molecular weight excluding hydrogens is 298 g/mol. The minimum absolute atomic E-state index is 0.262. The highest BCUT2D eigenvalue weighted by Gasteiger charge is 2.31. The number of nitrogens with one attached hydrogen (secondary N) is 1. The molecule has 0 radical (unpaired) electrons. The number of piperidine rings is 1. The van der Waals surface area contributed by atoms with Gasteiger partial charge in [0.25, 0.3) is 0 Å². The maximum atomic E-state index is 12.1. The molecule has 1 N–H and O–H groups in total. The number of hydrogen-bond donors (Lipinski definition) is 1. The molecule has 1 atom stereocenters. The lowest BCUT2D eigenvalue weighted by atomic mass is 9.98. The molecule has 3 aliphatic rings. The average molecular weight is 327 g/mol. The van der Waals surface area contributed by atoms with Crippen LogP contribution in [0.2, 0.25) is 0 Å². The first-order valence-corrected chi connectivity index (χ1v) is 9.58. The molecule has 0 aromatic heterocycles. The van der Waals surface area contributed by atoms with Crippen molar-refractivity contribution in [3.05, 3.63) is 29.3 Å². The van der Waals surface area contributed by atoms with Crippen molar-refractivity contribution < 1.29 is 4.79 Å². The van der Waals surface area contributed by atoms with Gasteiger partial charge < -0.3 is 10.2 Å². The van der Waals surface area contributed by atoms with E-state index in [-0.39, 0.29) is 5.91 Å². The number of hydrogen-bond acceptors (Lipinski definition) is 3. The van der Waals surface area contributed by atoms with Crippen molar-refractivity contribution in [2.24, 2.45) is 5.92 Å². The van der Waals surface area contributed by atoms with Gasteiger partial charge in [-0.1, -0.05) is 18.6 Å². The number of carbonyl (C=O) groups is 1. The van der Waals surface area contributed by atoms with Crippen LogP contribution < -0.4 is 10.2 Å². The highest BCUT2D eigenvalue weighted by atomic mass is 16.2. The lowest BCUT2D eigenvalue weighted by Crippen LogP contribution is -2.41. The van der Waals surface area contributed by atoms with Crippen molar-refractivity contribution in [1.29, 1.82) is 0 Å². The summed E-state index contributed by atoms with van der Waals surface area (Å²) in [6, 6.07) is 7.27. The zero-order chi connectivity index (χ0) is 16.5. The molecule has 4 nitrogen and oxygen atoms in total. The Morgan fingerprint density at radius 2 is 2.00 bits per heavy atom. The molecule has 1 unspecified atom stereocenters. The second-order valence-electron chi connectivity index (χ2n) is 7.69. The third-order valence-corrected chi connectivity index (χ3v) is 5.87. The number of carbonyl (C=O) groups excluding carboxylic acids is 1. The van der Waals surface area contributed by atoms with E-state index >= 15 is 0 Å². The summed E-state index contributed by atoms with van der Waals surface area (Å²) in [5, 5.41) is 3.23. The molecule has 2 heterocycles. The van der Waals surface area contributed by atoms with Gasteiger partial charge in [-0.05, 0) is 62.4 Å². The summed E-state index contributed by atoms with van der Waals surface area (Å²) in [6.45, 7) is 4.18. The molecule has 1 saturated carbocycles. The van der Waals surface area contributed by atoms with E-state index in [1.54, 1.807) is 0 Å². The molecule has 1 aliphatic carbocycles. The quantitative estimate of drug-likeness (QED) is 0.903. The summed E-state index contributed by atoms with van der Waals surface area (Å²) >= 11 is 0. The Bertz CT molecular complexity index is 605. The second kappa shape index (κ2) is 6.75. The summed E-state index contributed by atoms with van der Waals surface area (Å²) in [5.41, 5.74) is 4.21. The van der Waals surface area contributed by atoms with Crippen LogP contribution in [0.1, 0.15) is 49.3 Å². The van der Waals surface area contributed by atoms with Gasteiger partial charge in [0, 0.05) is 31.7 Å². The Labute approximate surface area is 145 Å². The van der Waals surface area contributed by atoms with Crippen LogP contribution in [0.5, 0.6) is 0 Å². The van der Waals surface area contributed by atoms with E-state index in [4.69, 9.17) is 0 Å². The maximum Gasteiger partial charge on any atom is 0.223 e. The van der Waals surface area contributed by atoms with Gasteiger partial charge in [0.2, 0.25) is 5.91 Å². The molecule has 0 spiro atoms. The van der Waals surface area contributed by atoms with Gasteiger partial charge in [-0.3, -0.25) is 9.69 Å². The fourth-order valence-electron chi connectivity index (χ4n) is 4.17. The van der Waals surface area contributed by atoms with E-state index in [0.29, 0.717) is 12.0 Å². The number of anilines is 1. The van der Waals surface area contributed by atoms with Gasteiger partial charge in [0.15, 0.2) is 0 Å². The lowest BCUT2D eigenvalue weighted by molar-refractivity contribution is -0.122. The van der Waals surface area contributed by atoms with Crippen molar-refractivity contribution in [1.82, 2.24) is 10.2 Å². The summed E-state index contributed by atoms with van der Waals surface area (Å²) in [4.78, 5) is 17.0. The molecule has 0 bridgehead atoms. The molecule has 2 aliphatic heterocycles. The van der Waals surface area contributed by atoms with Gasteiger partial charge >= 0.3 is 0 Å². The predicted molar refractivity (Wildman–Crippen MR) is 97.3 cm³/mol. The molecule has 24 heavy (non-hydrogen) atoms. The Hall–Kier alpha value is -1.55. The Kier molecular flexibility index (Phi) is 4.49. The molecule has 1 aromatic carbocycles. The first-order chi connectivity index (χ1) is 11.7. The molecular formula is C20H29N3O. The van der Waals surface area contributed by atoms with Crippen LogP contribution in [0.15, 0.2) is 18.2 Å². The van der Waals surface area contributed by atoms with Crippen molar-refractivity contribution in [3.8, 4) is 0 Å². The number of likely N-dealkylation sites (tertiary alicyclic amines) is 1. The van der Waals surface area contributed by atoms with Crippen LogP contribution in [0.3, 0.4) is 0 Å². The zero-order valence-corrected chi connectivity index (χ0v) is 14.8. The molecule has 1 amide bonds. The molecule has 130 valence electrons. The van der Waals surface area contributed by atoms with Gasteiger partial charge in [0.1, 0.15) is 0 Å². The van der Waals surface area contributed by atoms with Crippen LogP contribution in [-0.4, -0.2) is 44.0 Å². The highest BCUT2D eigenvalue weighted by Crippen LogP contribution is 2.33. The number of benzene rings is 1. The summed E-state index contributed by atoms with van der Waals surface area (Å²) in [7, 11) is 2.17. The van der Waals surface area contributed by atoms with Crippen LogP contribution in [0, 0.1) is 5.92 Å². The van der Waals surface area contributed by atoms with Gasteiger partial charge in [-0.2, -0.15) is 0 Å². The fraction of sp³-hybridized carbons (Fsp3) is 0.650. The van der Waals surface area contributed by atoms with E-state index in [2.05, 4.69) is 40.4 Å². The molecule has 4 rings (SSSR count). The topological polar surface area (TPSA) is 35.6 Å². The van der Waals surface area contributed by atoms with E-state index in [1.807, 2.05) is 0 Å². The molecule has 1 saturated heterocycles. The number of fused-ring (bicyclic) bond motifs is 1. The summed E-state index contributed by atoms with van der Waals surface area (Å²) in [6.07, 6.45) is 7.19. The van der Waals surface area contributed by atoms with Crippen LogP contribution in [-0.2, 0) is 11.2 Å². The van der Waals surface area contributed by atoms with Crippen LogP contribution in [0.25, 0.3) is 0 Å². The van der Waals surface area contributed by atoms with E-state index in [1.165, 1.54) is 36.1 Å². The monoisotopic (exact) mass is 327 g/mol. The standard InChI is InChI=1S/C20H29N3O/c1-22-12-9-17-13-16(7-8-18(17)22)19(23-10-3-2-4-11-23)14-21-20(24)15-5-6-15/h7-8,13,15,19H,2-6,9-12,14H2,1H3,(H,21,24). The maximum absolute atomic E-state index is 12.1. The zero-order valence-electron chi connectivity index (χ0n) is 14.8. The first kappa shape index (κ1) is 15.9. The molecule has 4 heteroatoms.